The van der Waals surface area contributed by atoms with Crippen molar-refractivity contribution in [2.45, 2.75) is 56.8 Å². The molecular formula is C21H26BrF2N3. The number of fused-ring (bicyclic) bond motifs is 3. The van der Waals surface area contributed by atoms with Crippen molar-refractivity contribution in [3.8, 4) is 0 Å². The molecule has 6 heteroatoms. The Bertz CT molecular complexity index is 816. The van der Waals surface area contributed by atoms with Crippen LogP contribution in [0.1, 0.15) is 56.8 Å². The van der Waals surface area contributed by atoms with Crippen molar-refractivity contribution >= 4 is 21.6 Å². The molecule has 1 aromatic heterocycles. The second-order valence-electron chi connectivity index (χ2n) is 8.57. The van der Waals surface area contributed by atoms with Crippen molar-refractivity contribution in [3.05, 3.63) is 46.2 Å². The van der Waals surface area contributed by atoms with Crippen molar-refractivity contribution in [2.75, 3.05) is 11.9 Å². The maximum Gasteiger partial charge on any atom is 0.286 e. The lowest BCUT2D eigenvalue weighted by molar-refractivity contribution is 0.00881. The molecule has 1 heterocycles. The van der Waals surface area contributed by atoms with E-state index in [2.05, 4.69) is 38.5 Å². The second-order valence-corrected chi connectivity index (χ2v) is 9.49. The van der Waals surface area contributed by atoms with Crippen molar-refractivity contribution in [1.29, 1.82) is 0 Å². The normalized spacial score (nSPS) is 27.7. The molecular weight excluding hydrogens is 412 g/mol. The molecule has 1 aromatic carbocycles. The minimum Gasteiger partial charge on any atom is -0.384 e. The SMILES string of the molecule is Cn1nc(C23CCC(CNc4cccc(Br)c4)(CC2)CC3)cc1C(C)(F)F. The number of hydrogen-bond acceptors (Lipinski definition) is 2. The van der Waals surface area contributed by atoms with E-state index in [9.17, 15) is 8.78 Å². The maximum atomic E-state index is 13.8. The van der Waals surface area contributed by atoms with Crippen LogP contribution in [0.25, 0.3) is 0 Å². The highest BCUT2D eigenvalue weighted by molar-refractivity contribution is 9.10. The van der Waals surface area contributed by atoms with Crippen LogP contribution in [0.5, 0.6) is 0 Å². The number of anilines is 1. The first-order valence-corrected chi connectivity index (χ1v) is 10.4. The first-order valence-electron chi connectivity index (χ1n) is 9.64. The predicted molar refractivity (Wildman–Crippen MR) is 107 cm³/mol. The van der Waals surface area contributed by atoms with Gasteiger partial charge in [0.1, 0.15) is 5.69 Å². The summed E-state index contributed by atoms with van der Waals surface area (Å²) >= 11 is 3.52. The molecule has 0 spiro atoms. The van der Waals surface area contributed by atoms with Gasteiger partial charge in [-0.2, -0.15) is 13.9 Å². The van der Waals surface area contributed by atoms with Gasteiger partial charge in [-0.15, -0.1) is 0 Å². The molecule has 0 radical (unpaired) electrons. The number of rotatable bonds is 5. The second kappa shape index (κ2) is 6.57. The molecule has 0 atom stereocenters. The zero-order valence-electron chi connectivity index (χ0n) is 15.9. The number of nitrogens with zero attached hydrogens (tertiary/aromatic N) is 2. The predicted octanol–water partition coefficient (Wildman–Crippen LogP) is 6.00. The van der Waals surface area contributed by atoms with Gasteiger partial charge in [0, 0.05) is 36.1 Å². The Balaban J connectivity index is 1.46. The van der Waals surface area contributed by atoms with Gasteiger partial charge in [-0.3, -0.25) is 4.68 Å². The standard InChI is InChI=1S/C21H26BrF2N3/c1-19(23,24)18-13-17(26-27(18)2)21-9-6-20(7-10-21,8-11-21)14-25-16-5-3-4-15(22)12-16/h3-5,12-13,25H,6-11,14H2,1-2H3. The van der Waals surface area contributed by atoms with Crippen LogP contribution in [0.2, 0.25) is 0 Å². The Morgan fingerprint density at radius 2 is 1.81 bits per heavy atom. The summed E-state index contributed by atoms with van der Waals surface area (Å²) in [7, 11) is 1.63. The van der Waals surface area contributed by atoms with Crippen molar-refractivity contribution in [2.24, 2.45) is 12.5 Å². The van der Waals surface area contributed by atoms with Crippen LogP contribution in [0.4, 0.5) is 14.5 Å². The highest BCUT2D eigenvalue weighted by Crippen LogP contribution is 2.57. The molecule has 0 unspecified atom stereocenters. The van der Waals surface area contributed by atoms with Crippen LogP contribution in [-0.4, -0.2) is 16.3 Å². The van der Waals surface area contributed by atoms with Crippen molar-refractivity contribution in [3.63, 3.8) is 0 Å². The highest BCUT2D eigenvalue weighted by Gasteiger charge is 2.50. The van der Waals surface area contributed by atoms with E-state index in [1.165, 1.54) is 4.68 Å². The van der Waals surface area contributed by atoms with Crippen LogP contribution >= 0.6 is 15.9 Å². The molecule has 2 bridgehead atoms. The summed E-state index contributed by atoms with van der Waals surface area (Å²) < 4.78 is 30.1. The zero-order valence-corrected chi connectivity index (χ0v) is 17.5. The average molecular weight is 438 g/mol. The van der Waals surface area contributed by atoms with Gasteiger partial charge in [-0.1, -0.05) is 22.0 Å². The van der Waals surface area contributed by atoms with Gasteiger partial charge in [0.05, 0.1) is 5.69 Å². The van der Waals surface area contributed by atoms with Crippen LogP contribution in [0.15, 0.2) is 34.8 Å². The molecule has 3 nitrogen and oxygen atoms in total. The van der Waals surface area contributed by atoms with E-state index in [4.69, 9.17) is 0 Å². The molecule has 3 fully saturated rings. The molecule has 1 N–H and O–H groups in total. The third kappa shape index (κ3) is 3.53. The molecule has 3 aliphatic carbocycles. The van der Waals surface area contributed by atoms with E-state index in [-0.39, 0.29) is 11.1 Å². The monoisotopic (exact) mass is 437 g/mol. The number of alkyl halides is 2. The Morgan fingerprint density at radius 1 is 1.15 bits per heavy atom. The van der Waals surface area contributed by atoms with Crippen LogP contribution in [0, 0.1) is 5.41 Å². The third-order valence-corrected chi connectivity index (χ3v) is 7.26. The van der Waals surface area contributed by atoms with Crippen molar-refractivity contribution in [1.82, 2.24) is 9.78 Å². The Labute approximate surface area is 167 Å². The fourth-order valence-corrected chi connectivity index (χ4v) is 5.34. The maximum absolute atomic E-state index is 13.8. The first-order chi connectivity index (χ1) is 12.7. The lowest BCUT2D eigenvalue weighted by atomic mass is 9.52. The van der Waals surface area contributed by atoms with E-state index in [0.717, 1.165) is 67.8 Å². The summed E-state index contributed by atoms with van der Waals surface area (Å²) in [6, 6.07) is 9.92. The van der Waals surface area contributed by atoms with Gasteiger partial charge in [-0.05, 0) is 68.2 Å². The molecule has 146 valence electrons. The topological polar surface area (TPSA) is 29.9 Å². The minimum atomic E-state index is -2.85. The van der Waals surface area contributed by atoms with E-state index in [1.54, 1.807) is 13.1 Å². The van der Waals surface area contributed by atoms with Gasteiger partial charge >= 0.3 is 0 Å². The van der Waals surface area contributed by atoms with E-state index in [1.807, 2.05) is 12.1 Å². The molecule has 3 saturated carbocycles. The lowest BCUT2D eigenvalue weighted by Gasteiger charge is -2.53. The molecule has 2 aromatic rings. The smallest absolute Gasteiger partial charge is 0.286 e. The summed E-state index contributed by atoms with van der Waals surface area (Å²) in [6.45, 7) is 1.92. The fraction of sp³-hybridized carbons (Fsp3) is 0.571. The molecule has 27 heavy (non-hydrogen) atoms. The lowest BCUT2D eigenvalue weighted by Crippen LogP contribution is -2.47. The average Bonchev–Trinajstić information content (AvgIpc) is 3.05. The van der Waals surface area contributed by atoms with Gasteiger partial charge < -0.3 is 5.32 Å². The van der Waals surface area contributed by atoms with E-state index >= 15 is 0 Å². The molecule has 0 saturated heterocycles. The molecule has 3 aliphatic rings. The van der Waals surface area contributed by atoms with Crippen LogP contribution in [0.3, 0.4) is 0 Å². The summed E-state index contributed by atoms with van der Waals surface area (Å²) in [5.41, 5.74) is 2.33. The number of aromatic nitrogens is 2. The van der Waals surface area contributed by atoms with Crippen LogP contribution in [-0.2, 0) is 18.4 Å². The Morgan fingerprint density at radius 3 is 2.37 bits per heavy atom. The zero-order chi connectivity index (χ0) is 19.3. The van der Waals surface area contributed by atoms with Gasteiger partial charge in [0.2, 0.25) is 0 Å². The summed E-state index contributed by atoms with van der Waals surface area (Å²) in [4.78, 5) is 0. The number of aryl methyl sites for hydroxylation is 1. The minimum absolute atomic E-state index is 0.0151. The highest BCUT2D eigenvalue weighted by atomic mass is 79.9. The van der Waals surface area contributed by atoms with Gasteiger partial charge in [0.15, 0.2) is 0 Å². The van der Waals surface area contributed by atoms with Gasteiger partial charge in [-0.25, -0.2) is 0 Å². The Hall–Kier alpha value is -1.43. The van der Waals surface area contributed by atoms with Crippen LogP contribution < -0.4 is 5.32 Å². The quantitative estimate of drug-likeness (QED) is 0.621. The van der Waals surface area contributed by atoms with Gasteiger partial charge in [0.25, 0.3) is 5.92 Å². The molecule has 0 amide bonds. The van der Waals surface area contributed by atoms with Crippen molar-refractivity contribution < 1.29 is 8.78 Å². The molecule has 5 rings (SSSR count). The summed E-state index contributed by atoms with van der Waals surface area (Å²) in [5, 5.41) is 8.12. The Kier molecular flexibility index (Phi) is 4.60. The first kappa shape index (κ1) is 18.9. The fourth-order valence-electron chi connectivity index (χ4n) is 4.94. The summed E-state index contributed by atoms with van der Waals surface area (Å²) in [5.74, 6) is -2.85. The summed E-state index contributed by atoms with van der Waals surface area (Å²) in [6.07, 6.45) is 6.50. The number of halogens is 3. The largest absolute Gasteiger partial charge is 0.384 e. The number of benzene rings is 1. The number of nitrogens with one attached hydrogen (secondary N) is 1. The number of hydrogen-bond donors (Lipinski definition) is 1. The molecule has 0 aliphatic heterocycles. The van der Waals surface area contributed by atoms with E-state index in [0.29, 0.717) is 5.41 Å². The third-order valence-electron chi connectivity index (χ3n) is 6.77. The van der Waals surface area contributed by atoms with E-state index < -0.39 is 5.92 Å².